The first-order valence-electron chi connectivity index (χ1n) is 8.28. The summed E-state index contributed by atoms with van der Waals surface area (Å²) in [5.74, 6) is 0. The molecule has 0 unspecified atom stereocenters. The largest absolute Gasteiger partial charge is 0.416 e. The second-order valence-corrected chi connectivity index (χ2v) is 11.3. The fourth-order valence-electron chi connectivity index (χ4n) is 3.05. The molecule has 0 radical (unpaired) electrons. The van der Waals surface area contributed by atoms with Crippen molar-refractivity contribution in [3.05, 3.63) is 59.7 Å². The molecule has 8 heteroatoms. The minimum absolute atomic E-state index is 0.383. The molecular weight excluding hydrogens is 384 g/mol. The first-order chi connectivity index (χ1) is 12.1. The van der Waals surface area contributed by atoms with Crippen LogP contribution in [0.3, 0.4) is 0 Å². The van der Waals surface area contributed by atoms with Crippen LogP contribution in [0.15, 0.2) is 48.5 Å². The molecule has 0 saturated carbocycles. The van der Waals surface area contributed by atoms with Crippen molar-refractivity contribution >= 4 is 18.6 Å². The highest BCUT2D eigenvalue weighted by Gasteiger charge is 2.38. The molecule has 2 aromatic carbocycles. The van der Waals surface area contributed by atoms with E-state index in [0.29, 0.717) is 10.4 Å². The molecule has 148 valence electrons. The van der Waals surface area contributed by atoms with E-state index in [1.54, 1.807) is 0 Å². The van der Waals surface area contributed by atoms with Crippen molar-refractivity contribution in [3.8, 4) is 0 Å². The van der Waals surface area contributed by atoms with Crippen LogP contribution in [-0.2, 0) is 12.4 Å². The van der Waals surface area contributed by atoms with Crippen molar-refractivity contribution in [3.63, 3.8) is 0 Å². The van der Waals surface area contributed by atoms with Crippen LogP contribution in [0, 0.1) is 0 Å². The van der Waals surface area contributed by atoms with E-state index in [1.807, 2.05) is 27.3 Å². The molecule has 0 aliphatic heterocycles. The smallest absolute Gasteiger partial charge is 0.326 e. The molecule has 0 spiro atoms. The minimum atomic E-state index is -4.44. The Morgan fingerprint density at radius 1 is 0.630 bits per heavy atom. The van der Waals surface area contributed by atoms with E-state index >= 15 is 0 Å². The first kappa shape index (κ1) is 21.5. The van der Waals surface area contributed by atoms with Gasteiger partial charge in [-0.3, -0.25) is 0 Å². The summed E-state index contributed by atoms with van der Waals surface area (Å²) >= 11 is 0. The average molecular weight is 405 g/mol. The molecule has 27 heavy (non-hydrogen) atoms. The number of alkyl halides is 6. The lowest BCUT2D eigenvalue weighted by Gasteiger charge is -2.37. The molecule has 0 heterocycles. The predicted octanol–water partition coefficient (Wildman–Crippen LogP) is 4.80. The monoisotopic (exact) mass is 405 g/mol. The van der Waals surface area contributed by atoms with Crippen LogP contribution in [0.1, 0.15) is 31.9 Å². The van der Waals surface area contributed by atoms with Crippen LogP contribution in [0.4, 0.5) is 26.3 Å². The third-order valence-electron chi connectivity index (χ3n) is 4.20. The molecule has 1 N–H and O–H groups in total. The maximum absolute atomic E-state index is 12.9. The lowest BCUT2D eigenvalue weighted by Crippen LogP contribution is -2.70. The summed E-state index contributed by atoms with van der Waals surface area (Å²) in [6.07, 6.45) is -8.88. The van der Waals surface area contributed by atoms with Gasteiger partial charge in [0.05, 0.1) is 11.1 Å². The van der Waals surface area contributed by atoms with Gasteiger partial charge in [-0.15, -0.1) is 0 Å². The topological polar surface area (TPSA) is 12.0 Å². The Balaban J connectivity index is 2.53. The van der Waals surface area contributed by atoms with E-state index in [2.05, 4.69) is 4.98 Å². The van der Waals surface area contributed by atoms with Crippen molar-refractivity contribution in [1.29, 1.82) is 0 Å². The van der Waals surface area contributed by atoms with E-state index < -0.39 is 31.7 Å². The zero-order chi connectivity index (χ0) is 20.7. The summed E-state index contributed by atoms with van der Waals surface area (Å²) in [6, 6.07) is 9.67. The Kier molecular flexibility index (Phi) is 5.56. The van der Waals surface area contributed by atoms with Crippen LogP contribution >= 0.6 is 0 Å². The Hall–Kier alpha value is -1.80. The van der Waals surface area contributed by atoms with Crippen molar-refractivity contribution in [2.45, 2.75) is 45.2 Å². The number of hydrogen-bond donors (Lipinski definition) is 1. The first-order valence-corrected chi connectivity index (χ1v) is 10.8. The number of benzene rings is 2. The van der Waals surface area contributed by atoms with Gasteiger partial charge in [0.25, 0.3) is 0 Å². The second kappa shape index (κ2) is 6.98. The summed E-state index contributed by atoms with van der Waals surface area (Å²) in [7, 11) is -2.79. The van der Waals surface area contributed by atoms with Gasteiger partial charge >= 0.3 is 12.4 Å². The lowest BCUT2D eigenvalue weighted by atomic mass is 10.1. The quantitative estimate of drug-likeness (QED) is 0.571. The molecule has 0 fully saturated rings. The van der Waals surface area contributed by atoms with E-state index in [0.717, 1.165) is 24.3 Å². The number of rotatable bonds is 3. The summed E-state index contributed by atoms with van der Waals surface area (Å²) < 4.78 is 77.1. The number of hydrogen-bond acceptors (Lipinski definition) is 1. The number of halogens is 6. The SMILES string of the molecule is CC(C)(C)N[Si](C)(c1ccc(C(F)(F)F)cc1)c1ccc(C(F)(F)F)cc1. The van der Waals surface area contributed by atoms with Gasteiger partial charge in [-0.05, 0) is 37.7 Å². The molecule has 0 aliphatic carbocycles. The highest BCUT2D eigenvalue weighted by atomic mass is 28.3. The van der Waals surface area contributed by atoms with Crippen LogP contribution in [0.2, 0.25) is 6.55 Å². The summed E-state index contributed by atoms with van der Waals surface area (Å²) in [6.45, 7) is 7.61. The maximum Gasteiger partial charge on any atom is 0.416 e. The van der Waals surface area contributed by atoms with E-state index in [-0.39, 0.29) is 5.54 Å². The Labute approximate surface area is 155 Å². The Morgan fingerprint density at radius 2 is 0.926 bits per heavy atom. The molecule has 2 aromatic rings. The van der Waals surface area contributed by atoms with Crippen LogP contribution in [-0.4, -0.2) is 13.8 Å². The average Bonchev–Trinajstić information content (AvgIpc) is 2.52. The molecule has 2 rings (SSSR count). The normalized spacial score (nSPS) is 13.7. The van der Waals surface area contributed by atoms with Crippen molar-refractivity contribution < 1.29 is 26.3 Å². The summed E-state index contributed by atoms with van der Waals surface area (Å²) in [5.41, 5.74) is -1.90. The van der Waals surface area contributed by atoms with Gasteiger partial charge in [0, 0.05) is 5.54 Å². The fraction of sp³-hybridized carbons (Fsp3) is 0.368. The van der Waals surface area contributed by atoms with Crippen LogP contribution in [0.5, 0.6) is 0 Å². The molecule has 0 aliphatic rings. The van der Waals surface area contributed by atoms with E-state index in [1.165, 1.54) is 24.3 Å². The molecule has 0 saturated heterocycles. The standard InChI is InChI=1S/C19H21F6NSi/c1-17(2,3)26-27(4,15-9-5-13(6-10-15)18(20,21)22)16-11-7-14(8-12-16)19(23,24)25/h5-12,26H,1-4H3. The van der Waals surface area contributed by atoms with Gasteiger partial charge in [0.2, 0.25) is 0 Å². The third-order valence-corrected chi connectivity index (χ3v) is 8.43. The van der Waals surface area contributed by atoms with Gasteiger partial charge in [-0.25, -0.2) is 0 Å². The van der Waals surface area contributed by atoms with Crippen molar-refractivity contribution in [2.24, 2.45) is 0 Å². The highest BCUT2D eigenvalue weighted by Crippen LogP contribution is 2.29. The highest BCUT2D eigenvalue weighted by molar-refractivity contribution is 6.99. The lowest BCUT2D eigenvalue weighted by molar-refractivity contribution is -0.138. The van der Waals surface area contributed by atoms with Gasteiger partial charge in [0.15, 0.2) is 8.24 Å². The van der Waals surface area contributed by atoms with E-state index in [4.69, 9.17) is 0 Å². The van der Waals surface area contributed by atoms with E-state index in [9.17, 15) is 26.3 Å². The Morgan fingerprint density at radius 3 is 1.15 bits per heavy atom. The summed E-state index contributed by atoms with van der Waals surface area (Å²) in [4.78, 5) is 3.46. The van der Waals surface area contributed by atoms with Gasteiger partial charge in [-0.2, -0.15) is 26.3 Å². The molecular formula is C19H21F6NSi. The minimum Gasteiger partial charge on any atom is -0.326 e. The molecule has 0 amide bonds. The van der Waals surface area contributed by atoms with Gasteiger partial charge < -0.3 is 4.98 Å². The zero-order valence-corrected chi connectivity index (χ0v) is 16.4. The number of nitrogens with one attached hydrogen (secondary N) is 1. The zero-order valence-electron chi connectivity index (χ0n) is 15.4. The molecule has 0 aromatic heterocycles. The van der Waals surface area contributed by atoms with Gasteiger partial charge in [-0.1, -0.05) is 48.5 Å². The Bertz CT molecular complexity index is 713. The van der Waals surface area contributed by atoms with Crippen molar-refractivity contribution in [1.82, 2.24) is 4.98 Å². The van der Waals surface area contributed by atoms with Crippen LogP contribution < -0.4 is 15.4 Å². The maximum atomic E-state index is 12.9. The molecule has 1 nitrogen and oxygen atoms in total. The fourth-order valence-corrected chi connectivity index (χ4v) is 6.83. The molecule has 0 bridgehead atoms. The van der Waals surface area contributed by atoms with Gasteiger partial charge in [0.1, 0.15) is 0 Å². The molecule has 0 atom stereocenters. The van der Waals surface area contributed by atoms with Crippen LogP contribution in [0.25, 0.3) is 0 Å². The van der Waals surface area contributed by atoms with Crippen molar-refractivity contribution in [2.75, 3.05) is 0 Å². The predicted molar refractivity (Wildman–Crippen MR) is 96.7 cm³/mol. The second-order valence-electron chi connectivity index (χ2n) is 7.65. The summed E-state index contributed by atoms with van der Waals surface area (Å²) in [5, 5.41) is 1.32. The third kappa shape index (κ3) is 5.13.